The highest BCUT2D eigenvalue weighted by molar-refractivity contribution is 6.19. The molecule has 0 unspecified atom stereocenters. The van der Waals surface area contributed by atoms with Gasteiger partial charge in [0.1, 0.15) is 12.3 Å². The molecule has 6 nitrogen and oxygen atoms in total. The lowest BCUT2D eigenvalue weighted by molar-refractivity contribution is -0.147. The number of amides is 2. The molecular weight excluding hydrogens is 486 g/mol. The number of methoxy groups -OCH3 is 1. The van der Waals surface area contributed by atoms with E-state index in [2.05, 4.69) is 10.6 Å². The molecule has 1 aromatic heterocycles. The molecule has 0 aliphatic rings. The van der Waals surface area contributed by atoms with Crippen LogP contribution >= 0.6 is 11.6 Å². The molecule has 0 aliphatic carbocycles. The Hall–Kier alpha value is -3.25. The molecule has 198 valence electrons. The number of benzene rings is 2. The largest absolute Gasteiger partial charge is 0.497 e. The lowest BCUT2D eigenvalue weighted by atomic mass is 9.93. The van der Waals surface area contributed by atoms with Gasteiger partial charge >= 0.3 is 0 Å². The Morgan fingerprint density at radius 2 is 1.68 bits per heavy atom. The van der Waals surface area contributed by atoms with Crippen molar-refractivity contribution < 1.29 is 14.3 Å². The Kier molecular flexibility index (Phi) is 9.81. The topological polar surface area (TPSA) is 54.8 Å². The normalized spacial score (nSPS) is 11.4. The van der Waals surface area contributed by atoms with E-state index in [9.17, 15) is 9.59 Å². The van der Waals surface area contributed by atoms with E-state index in [0.717, 1.165) is 22.6 Å². The predicted molar refractivity (Wildman–Crippen MR) is 149 cm³/mol. The fourth-order valence-corrected chi connectivity index (χ4v) is 4.24. The molecule has 0 spiro atoms. The van der Waals surface area contributed by atoms with Gasteiger partial charge in [-0.15, -0.1) is 11.6 Å². The van der Waals surface area contributed by atoms with Gasteiger partial charge in [0, 0.05) is 36.9 Å². The molecule has 3 rings (SSSR count). The number of carbonyl (C=O) groups excluding carboxylic acids is 2. The minimum Gasteiger partial charge on any atom is -0.497 e. The summed E-state index contributed by atoms with van der Waals surface area (Å²) in [5, 5.41) is 0. The molecule has 1 heterocycles. The van der Waals surface area contributed by atoms with Gasteiger partial charge in [0.05, 0.1) is 19.1 Å². The summed E-state index contributed by atoms with van der Waals surface area (Å²) < 4.78 is 7.51. The molecule has 0 radical (unpaired) electrons. The number of alkyl halides is 1. The van der Waals surface area contributed by atoms with E-state index in [1.54, 1.807) is 12.0 Å². The number of hydrogen-bond acceptors (Lipinski definition) is 3. The minimum absolute atomic E-state index is 0.000243. The molecule has 0 saturated carbocycles. The first kappa shape index (κ1) is 28.3. The summed E-state index contributed by atoms with van der Waals surface area (Å²) >= 11 is 6.09. The molecule has 0 aliphatic heterocycles. The van der Waals surface area contributed by atoms with Crippen molar-refractivity contribution in [3.63, 3.8) is 0 Å². The summed E-state index contributed by atoms with van der Waals surface area (Å²) in [4.78, 5) is 30.4. The average molecular weight is 524 g/mol. The highest BCUT2D eigenvalue weighted by atomic mass is 35.5. The Labute approximate surface area is 225 Å². The van der Waals surface area contributed by atoms with E-state index in [-0.39, 0.29) is 30.3 Å². The quantitative estimate of drug-likeness (QED) is 0.291. The number of hydrogen-bond donors (Lipinski definition) is 0. The van der Waals surface area contributed by atoms with E-state index < -0.39 is 5.41 Å². The van der Waals surface area contributed by atoms with E-state index in [1.165, 1.54) is 0 Å². The van der Waals surface area contributed by atoms with Crippen LogP contribution in [0.1, 0.15) is 44.5 Å². The maximum atomic E-state index is 13.7. The smallest absolute Gasteiger partial charge is 0.242 e. The van der Waals surface area contributed by atoms with Crippen molar-refractivity contribution >= 4 is 23.4 Å². The maximum Gasteiger partial charge on any atom is 0.242 e. The SMILES string of the molecule is COc1cccc(Cn2cccc2CN(Cc2ccccc2)C(=O)CN(C(=O)C(C)(C)CCl)C(C)C)c1. The van der Waals surface area contributed by atoms with Gasteiger partial charge in [-0.1, -0.05) is 42.5 Å². The molecule has 2 amide bonds. The highest BCUT2D eigenvalue weighted by Crippen LogP contribution is 2.23. The van der Waals surface area contributed by atoms with Crippen molar-refractivity contribution in [2.45, 2.75) is 53.4 Å². The molecular formula is C30H38ClN3O3. The van der Waals surface area contributed by atoms with Crippen LogP contribution in [0.3, 0.4) is 0 Å². The Morgan fingerprint density at radius 1 is 0.973 bits per heavy atom. The molecule has 0 fully saturated rings. The van der Waals surface area contributed by atoms with Gasteiger partial charge in [-0.2, -0.15) is 0 Å². The summed E-state index contributed by atoms with van der Waals surface area (Å²) in [7, 11) is 1.66. The van der Waals surface area contributed by atoms with Crippen molar-refractivity contribution in [1.82, 2.24) is 14.4 Å². The van der Waals surface area contributed by atoms with Crippen molar-refractivity contribution in [2.24, 2.45) is 5.41 Å². The van der Waals surface area contributed by atoms with Crippen molar-refractivity contribution in [3.05, 3.63) is 89.7 Å². The minimum atomic E-state index is -0.748. The van der Waals surface area contributed by atoms with Gasteiger partial charge in [-0.25, -0.2) is 0 Å². The lowest BCUT2D eigenvalue weighted by Gasteiger charge is -2.35. The third kappa shape index (κ3) is 7.62. The molecule has 0 bridgehead atoms. The number of aromatic nitrogens is 1. The zero-order chi connectivity index (χ0) is 27.0. The Morgan fingerprint density at radius 3 is 2.32 bits per heavy atom. The highest BCUT2D eigenvalue weighted by Gasteiger charge is 2.34. The van der Waals surface area contributed by atoms with Gasteiger partial charge in [0.2, 0.25) is 11.8 Å². The summed E-state index contributed by atoms with van der Waals surface area (Å²) in [5.41, 5.74) is 2.40. The Bertz CT molecular complexity index is 1170. The van der Waals surface area contributed by atoms with Crippen molar-refractivity contribution in [3.8, 4) is 5.75 Å². The fraction of sp³-hybridized carbons (Fsp3) is 0.400. The van der Waals surface area contributed by atoms with Crippen LogP contribution in [0.5, 0.6) is 5.75 Å². The molecule has 0 N–H and O–H groups in total. The maximum absolute atomic E-state index is 13.7. The first-order valence-electron chi connectivity index (χ1n) is 12.6. The first-order valence-corrected chi connectivity index (χ1v) is 13.1. The van der Waals surface area contributed by atoms with E-state index in [1.807, 2.05) is 99.5 Å². The standard InChI is InChI=1S/C30H38ClN3O3/c1-23(2)34(29(36)30(3,4)22-31)21-28(35)33(18-24-11-7-6-8-12-24)20-26-14-10-16-32(26)19-25-13-9-15-27(17-25)37-5/h6-17,23H,18-22H2,1-5H3. The molecule has 3 aromatic rings. The van der Waals surface area contributed by atoms with Crippen LogP contribution in [0.25, 0.3) is 0 Å². The van der Waals surface area contributed by atoms with Gasteiger partial charge < -0.3 is 19.1 Å². The third-order valence-corrected chi connectivity index (χ3v) is 7.10. The number of carbonyl (C=O) groups is 2. The first-order chi connectivity index (χ1) is 17.6. The number of ether oxygens (including phenoxy) is 1. The number of rotatable bonds is 12. The monoisotopic (exact) mass is 523 g/mol. The van der Waals surface area contributed by atoms with E-state index >= 15 is 0 Å². The molecule has 7 heteroatoms. The van der Waals surface area contributed by atoms with Crippen molar-refractivity contribution in [1.29, 1.82) is 0 Å². The van der Waals surface area contributed by atoms with E-state index in [0.29, 0.717) is 19.6 Å². The molecule has 0 saturated heterocycles. The third-order valence-electron chi connectivity index (χ3n) is 6.44. The second-order valence-corrected chi connectivity index (χ2v) is 10.5. The number of nitrogens with zero attached hydrogens (tertiary/aromatic N) is 3. The van der Waals surface area contributed by atoms with E-state index in [4.69, 9.17) is 16.3 Å². The summed E-state index contributed by atoms with van der Waals surface area (Å²) in [6.07, 6.45) is 2.02. The van der Waals surface area contributed by atoms with Gasteiger partial charge in [0.15, 0.2) is 0 Å². The van der Waals surface area contributed by atoms with Crippen LogP contribution in [0.2, 0.25) is 0 Å². The molecule has 0 atom stereocenters. The van der Waals surface area contributed by atoms with Crippen molar-refractivity contribution in [2.75, 3.05) is 19.5 Å². The summed E-state index contributed by atoms with van der Waals surface area (Å²) in [6, 6.07) is 21.8. The zero-order valence-electron chi connectivity index (χ0n) is 22.5. The van der Waals surface area contributed by atoms with Crippen LogP contribution in [0.4, 0.5) is 0 Å². The molecule has 37 heavy (non-hydrogen) atoms. The summed E-state index contributed by atoms with van der Waals surface area (Å²) in [5.74, 6) is 0.775. The second-order valence-electron chi connectivity index (χ2n) is 10.3. The van der Waals surface area contributed by atoms with Gasteiger partial charge in [-0.3, -0.25) is 9.59 Å². The van der Waals surface area contributed by atoms with Gasteiger partial charge in [0.25, 0.3) is 0 Å². The Balaban J connectivity index is 1.85. The molecule has 2 aromatic carbocycles. The van der Waals surface area contributed by atoms with Crippen LogP contribution in [0, 0.1) is 5.41 Å². The zero-order valence-corrected chi connectivity index (χ0v) is 23.2. The summed E-state index contributed by atoms with van der Waals surface area (Å²) in [6.45, 7) is 9.01. The van der Waals surface area contributed by atoms with Crippen LogP contribution in [0.15, 0.2) is 72.9 Å². The van der Waals surface area contributed by atoms with Crippen LogP contribution in [-0.2, 0) is 29.2 Å². The van der Waals surface area contributed by atoms with Gasteiger partial charge in [-0.05, 0) is 63.1 Å². The number of halogens is 1. The fourth-order valence-electron chi connectivity index (χ4n) is 4.13. The van der Waals surface area contributed by atoms with Crippen LogP contribution in [-0.4, -0.2) is 51.8 Å². The predicted octanol–water partition coefficient (Wildman–Crippen LogP) is 5.58. The van der Waals surface area contributed by atoms with Crippen LogP contribution < -0.4 is 4.74 Å². The lowest BCUT2D eigenvalue weighted by Crippen LogP contribution is -2.50. The second kappa shape index (κ2) is 12.8. The average Bonchev–Trinajstić information content (AvgIpc) is 3.33.